The van der Waals surface area contributed by atoms with Crippen molar-refractivity contribution in [2.45, 2.75) is 51.5 Å². The summed E-state index contributed by atoms with van der Waals surface area (Å²) in [6.45, 7) is 2.19. The van der Waals surface area contributed by atoms with Crippen molar-refractivity contribution in [3.8, 4) is 0 Å². The van der Waals surface area contributed by atoms with Gasteiger partial charge in [0, 0.05) is 11.0 Å². The molecule has 13 heavy (non-hydrogen) atoms. The van der Waals surface area contributed by atoms with Crippen LogP contribution in [0, 0.1) is 0 Å². The maximum atomic E-state index is 8.35. The summed E-state index contributed by atoms with van der Waals surface area (Å²) in [5, 5.41) is 3.81. The molecule has 0 rings (SSSR count). The molecule has 3 nitrogen and oxygen atoms in total. The highest BCUT2D eigenvalue weighted by Crippen LogP contribution is 2.13. The van der Waals surface area contributed by atoms with E-state index in [2.05, 4.69) is 39.5 Å². The van der Waals surface area contributed by atoms with Gasteiger partial charge in [0.1, 0.15) is 0 Å². The molecule has 0 aromatic heterocycles. The van der Waals surface area contributed by atoms with Gasteiger partial charge in [-0.25, -0.2) is 0 Å². The fourth-order valence-corrected chi connectivity index (χ4v) is 1.72. The van der Waals surface area contributed by atoms with Crippen molar-refractivity contribution < 1.29 is 0 Å². The molecule has 0 heterocycles. The van der Waals surface area contributed by atoms with E-state index in [1.165, 1.54) is 19.3 Å². The summed E-state index contributed by atoms with van der Waals surface area (Å²) in [6, 6.07) is 0.242. The third kappa shape index (κ3) is 8.37. The van der Waals surface area contributed by atoms with Gasteiger partial charge in [0.2, 0.25) is 0 Å². The topological polar surface area (TPSA) is 48.8 Å². The monoisotopic (exact) mass is 295 g/mol. The van der Waals surface area contributed by atoms with Crippen LogP contribution in [0.4, 0.5) is 0 Å². The number of alkyl halides is 1. The zero-order valence-electron chi connectivity index (χ0n) is 8.25. The lowest BCUT2D eigenvalue weighted by molar-refractivity contribution is 0.525. The predicted octanol–water partition coefficient (Wildman–Crippen LogP) is 4.46. The van der Waals surface area contributed by atoms with Gasteiger partial charge in [-0.1, -0.05) is 53.9 Å². The first-order valence-electron chi connectivity index (χ1n) is 4.95. The van der Waals surface area contributed by atoms with Crippen molar-refractivity contribution in [3.05, 3.63) is 10.4 Å². The summed E-state index contributed by atoms with van der Waals surface area (Å²) in [5.41, 5.74) is 8.35. The molecule has 0 amide bonds. The van der Waals surface area contributed by atoms with E-state index in [1.807, 2.05) is 0 Å². The van der Waals surface area contributed by atoms with Crippen molar-refractivity contribution >= 4 is 22.6 Å². The molecule has 4 heteroatoms. The molecule has 0 aliphatic heterocycles. The number of azide groups is 1. The van der Waals surface area contributed by atoms with E-state index in [4.69, 9.17) is 5.53 Å². The lowest BCUT2D eigenvalue weighted by Gasteiger charge is -2.08. The Morgan fingerprint density at radius 1 is 1.31 bits per heavy atom. The van der Waals surface area contributed by atoms with Crippen molar-refractivity contribution in [1.29, 1.82) is 0 Å². The Morgan fingerprint density at radius 3 is 2.54 bits per heavy atom. The number of unbranched alkanes of at least 4 members (excludes halogenated alkanes) is 2. The lowest BCUT2D eigenvalue weighted by atomic mass is 10.1. The second-order valence-electron chi connectivity index (χ2n) is 3.19. The van der Waals surface area contributed by atoms with Gasteiger partial charge in [0.15, 0.2) is 0 Å². The molecule has 1 atom stereocenters. The highest BCUT2D eigenvalue weighted by molar-refractivity contribution is 14.1. The van der Waals surface area contributed by atoms with Crippen LogP contribution in [0.1, 0.15) is 45.4 Å². The Hall–Kier alpha value is 0.0400. The molecule has 0 unspecified atom stereocenters. The molecule has 0 bridgehead atoms. The van der Waals surface area contributed by atoms with Gasteiger partial charge >= 0.3 is 0 Å². The molecular formula is C9H18IN3. The van der Waals surface area contributed by atoms with E-state index in [1.54, 1.807) is 0 Å². The maximum absolute atomic E-state index is 8.35. The van der Waals surface area contributed by atoms with Crippen molar-refractivity contribution in [2.75, 3.05) is 4.43 Å². The Morgan fingerprint density at radius 2 is 2.00 bits per heavy atom. The fourth-order valence-electron chi connectivity index (χ4n) is 1.28. The van der Waals surface area contributed by atoms with Crippen LogP contribution >= 0.6 is 22.6 Å². The third-order valence-electron chi connectivity index (χ3n) is 2.03. The molecule has 76 valence electrons. The number of hydrogen-bond donors (Lipinski definition) is 0. The minimum Gasteiger partial charge on any atom is -0.0906 e. The second-order valence-corrected chi connectivity index (χ2v) is 4.26. The number of hydrogen-bond acceptors (Lipinski definition) is 1. The summed E-state index contributed by atoms with van der Waals surface area (Å²) >= 11 is 2.36. The largest absolute Gasteiger partial charge is 0.0906 e. The van der Waals surface area contributed by atoms with Gasteiger partial charge in [0.25, 0.3) is 0 Å². The Labute approximate surface area is 94.1 Å². The Balaban J connectivity index is 3.60. The first-order valence-corrected chi connectivity index (χ1v) is 6.47. The summed E-state index contributed by atoms with van der Waals surface area (Å²) in [5.74, 6) is 0. The van der Waals surface area contributed by atoms with E-state index in [9.17, 15) is 0 Å². The number of rotatable bonds is 8. The summed E-state index contributed by atoms with van der Waals surface area (Å²) in [7, 11) is 0. The molecular weight excluding hydrogens is 277 g/mol. The van der Waals surface area contributed by atoms with Crippen molar-refractivity contribution in [1.82, 2.24) is 0 Å². The van der Waals surface area contributed by atoms with Crippen LogP contribution in [0.15, 0.2) is 5.11 Å². The van der Waals surface area contributed by atoms with Gasteiger partial charge in [-0.05, 0) is 29.2 Å². The fraction of sp³-hybridized carbons (Fsp3) is 1.00. The highest BCUT2D eigenvalue weighted by atomic mass is 127. The molecule has 0 aromatic carbocycles. The standard InChI is InChI=1S/C9H18IN3/c1-2-3-4-6-9(12-13-11)7-5-8-10/h9H,2-8H2,1H3/t9-/m1/s1. The third-order valence-corrected chi connectivity index (χ3v) is 2.79. The normalized spacial score (nSPS) is 12.2. The van der Waals surface area contributed by atoms with Gasteiger partial charge in [0.05, 0.1) is 0 Å². The van der Waals surface area contributed by atoms with Gasteiger partial charge in [-0.2, -0.15) is 0 Å². The number of nitrogens with zero attached hydrogens (tertiary/aromatic N) is 3. The van der Waals surface area contributed by atoms with Crippen molar-refractivity contribution in [3.63, 3.8) is 0 Å². The van der Waals surface area contributed by atoms with E-state index >= 15 is 0 Å². The first kappa shape index (κ1) is 13.0. The molecule has 0 aromatic rings. The summed E-state index contributed by atoms with van der Waals surface area (Å²) < 4.78 is 1.16. The molecule has 0 saturated heterocycles. The second kappa shape index (κ2) is 10.1. The molecule has 0 radical (unpaired) electrons. The van der Waals surface area contributed by atoms with Gasteiger partial charge < -0.3 is 0 Å². The first-order chi connectivity index (χ1) is 6.35. The number of halogens is 1. The van der Waals surface area contributed by atoms with Crippen LogP contribution in [-0.4, -0.2) is 10.5 Å². The Bertz CT molecular complexity index is 155. The van der Waals surface area contributed by atoms with Crippen molar-refractivity contribution in [2.24, 2.45) is 5.11 Å². The van der Waals surface area contributed by atoms with E-state index in [0.29, 0.717) is 0 Å². The van der Waals surface area contributed by atoms with Crippen LogP contribution in [0.5, 0.6) is 0 Å². The predicted molar refractivity (Wildman–Crippen MR) is 65.2 cm³/mol. The van der Waals surface area contributed by atoms with Gasteiger partial charge in [-0.3, -0.25) is 0 Å². The summed E-state index contributed by atoms with van der Waals surface area (Å²) in [6.07, 6.45) is 6.96. The molecule has 0 aliphatic carbocycles. The minimum atomic E-state index is 0.242. The molecule has 0 saturated carbocycles. The van der Waals surface area contributed by atoms with Crippen LogP contribution in [-0.2, 0) is 0 Å². The average Bonchev–Trinajstić information content (AvgIpc) is 2.14. The molecule has 0 fully saturated rings. The zero-order chi connectivity index (χ0) is 9.94. The smallest absolute Gasteiger partial charge is 0.0374 e. The quantitative estimate of drug-likeness (QED) is 0.158. The van der Waals surface area contributed by atoms with Crippen LogP contribution in [0.25, 0.3) is 10.4 Å². The minimum absolute atomic E-state index is 0.242. The average molecular weight is 295 g/mol. The van der Waals surface area contributed by atoms with Gasteiger partial charge in [-0.15, -0.1) is 0 Å². The molecule has 0 aliphatic rings. The maximum Gasteiger partial charge on any atom is 0.0374 e. The SMILES string of the molecule is CCCCC[C@H](CCCI)N=[N+]=[N-]. The van der Waals surface area contributed by atoms with Crippen LogP contribution in [0.3, 0.4) is 0 Å². The molecule has 0 spiro atoms. The van der Waals surface area contributed by atoms with E-state index < -0.39 is 0 Å². The van der Waals surface area contributed by atoms with E-state index in [-0.39, 0.29) is 6.04 Å². The van der Waals surface area contributed by atoms with E-state index in [0.717, 1.165) is 23.7 Å². The zero-order valence-corrected chi connectivity index (χ0v) is 10.4. The molecule has 0 N–H and O–H groups in total. The van der Waals surface area contributed by atoms with Crippen LogP contribution < -0.4 is 0 Å². The van der Waals surface area contributed by atoms with Crippen LogP contribution in [0.2, 0.25) is 0 Å². The summed E-state index contributed by atoms with van der Waals surface area (Å²) in [4.78, 5) is 2.89. The lowest BCUT2D eigenvalue weighted by Crippen LogP contribution is -2.03. The highest BCUT2D eigenvalue weighted by Gasteiger charge is 2.04. The Kier molecular flexibility index (Phi) is 10.2.